The molecule has 0 saturated heterocycles. The molecule has 1 heteroatoms. The molecule has 1 nitrogen and oxygen atoms in total. The number of carbonyl (C=O) groups is 1. The molecule has 0 bridgehead atoms. The number of benzene rings is 1. The highest BCUT2D eigenvalue weighted by molar-refractivity contribution is 5.96. The first kappa shape index (κ1) is 20.5. The van der Waals surface area contributed by atoms with Crippen LogP contribution in [0.3, 0.4) is 0 Å². The van der Waals surface area contributed by atoms with Crippen molar-refractivity contribution >= 4 is 5.78 Å². The average molecular weight is 327 g/mol. The Labute approximate surface area is 149 Å². The Balaban J connectivity index is 2.50. The van der Waals surface area contributed by atoms with Crippen molar-refractivity contribution in [3.63, 3.8) is 0 Å². The molecular weight excluding hydrogens is 292 g/mol. The topological polar surface area (TPSA) is 17.1 Å². The second-order valence-electron chi connectivity index (χ2n) is 6.67. The quantitative estimate of drug-likeness (QED) is 0.234. The summed E-state index contributed by atoms with van der Waals surface area (Å²) in [4.78, 5) is 12.5. The highest BCUT2D eigenvalue weighted by atomic mass is 16.1. The normalized spacial score (nSPS) is 11.6. The van der Waals surface area contributed by atoms with Gasteiger partial charge in [0.1, 0.15) is 0 Å². The molecule has 1 atom stereocenters. The summed E-state index contributed by atoms with van der Waals surface area (Å²) in [6.45, 7) is 4.46. The molecule has 0 amide bonds. The number of unbranched alkanes of at least 4 members (excludes halogenated alkanes) is 7. The van der Waals surface area contributed by atoms with E-state index in [1.54, 1.807) is 0 Å². The van der Waals surface area contributed by atoms with Crippen LogP contribution in [0.5, 0.6) is 0 Å². The van der Waals surface area contributed by atoms with Gasteiger partial charge in [-0.3, -0.25) is 4.79 Å². The van der Waals surface area contributed by atoms with E-state index in [4.69, 9.17) is 0 Å². The minimum absolute atomic E-state index is 0.223. The summed E-state index contributed by atoms with van der Waals surface area (Å²) in [5.41, 5.74) is 0.820. The van der Waals surface area contributed by atoms with E-state index in [0.29, 0.717) is 6.42 Å². The van der Waals surface area contributed by atoms with Crippen LogP contribution in [-0.2, 0) is 0 Å². The van der Waals surface area contributed by atoms with Crippen molar-refractivity contribution in [3.8, 4) is 11.8 Å². The first-order chi connectivity index (χ1) is 11.8. The van der Waals surface area contributed by atoms with E-state index in [1.807, 2.05) is 30.3 Å². The lowest BCUT2D eigenvalue weighted by atomic mass is 9.93. The molecule has 0 aromatic heterocycles. The number of hydrogen-bond donors (Lipinski definition) is 0. The van der Waals surface area contributed by atoms with Gasteiger partial charge >= 0.3 is 0 Å². The molecule has 0 heterocycles. The van der Waals surface area contributed by atoms with E-state index in [0.717, 1.165) is 18.4 Å². The van der Waals surface area contributed by atoms with Gasteiger partial charge < -0.3 is 0 Å². The zero-order chi connectivity index (χ0) is 17.5. The third kappa shape index (κ3) is 9.56. The van der Waals surface area contributed by atoms with E-state index in [-0.39, 0.29) is 11.7 Å². The molecule has 24 heavy (non-hydrogen) atoms. The number of ketones is 1. The van der Waals surface area contributed by atoms with Crippen LogP contribution in [0.2, 0.25) is 0 Å². The summed E-state index contributed by atoms with van der Waals surface area (Å²) < 4.78 is 0. The molecule has 0 N–H and O–H groups in total. The fraction of sp³-hybridized carbons (Fsp3) is 0.609. The smallest absolute Gasteiger partial charge is 0.164 e. The Morgan fingerprint density at radius 1 is 0.917 bits per heavy atom. The van der Waals surface area contributed by atoms with Crippen LogP contribution < -0.4 is 0 Å². The van der Waals surface area contributed by atoms with Crippen molar-refractivity contribution in [1.82, 2.24) is 0 Å². The Bertz CT molecular complexity index is 492. The SMILES string of the molecule is CCCCCCC#CC(CCCCCC)CC(=O)c1ccccc1. The van der Waals surface area contributed by atoms with Gasteiger partial charge in [-0.25, -0.2) is 0 Å². The molecule has 1 rings (SSSR count). The average Bonchev–Trinajstić information content (AvgIpc) is 2.62. The van der Waals surface area contributed by atoms with Crippen molar-refractivity contribution in [2.45, 2.75) is 84.5 Å². The van der Waals surface area contributed by atoms with E-state index in [9.17, 15) is 4.79 Å². The first-order valence-electron chi connectivity index (χ1n) is 9.84. The second kappa shape index (κ2) is 13.8. The van der Waals surface area contributed by atoms with Gasteiger partial charge in [-0.05, 0) is 12.8 Å². The maximum absolute atomic E-state index is 12.5. The van der Waals surface area contributed by atoms with E-state index >= 15 is 0 Å². The fourth-order valence-electron chi connectivity index (χ4n) is 2.87. The summed E-state index contributed by atoms with van der Waals surface area (Å²) in [6.07, 6.45) is 12.6. The van der Waals surface area contributed by atoms with Gasteiger partial charge in [0.15, 0.2) is 5.78 Å². The predicted molar refractivity (Wildman–Crippen MR) is 104 cm³/mol. The summed E-state index contributed by atoms with van der Waals surface area (Å²) in [6, 6.07) is 9.64. The number of Topliss-reactive ketones (excluding diaryl/α,β-unsaturated/α-hetero) is 1. The van der Waals surface area contributed by atoms with Crippen LogP contribution in [0.15, 0.2) is 30.3 Å². The predicted octanol–water partition coefficient (Wildman–Crippen LogP) is 6.82. The third-order valence-corrected chi connectivity index (χ3v) is 4.40. The van der Waals surface area contributed by atoms with Crippen LogP contribution in [0, 0.1) is 17.8 Å². The molecular formula is C23H34O. The first-order valence-corrected chi connectivity index (χ1v) is 9.84. The maximum atomic E-state index is 12.5. The molecule has 132 valence electrons. The van der Waals surface area contributed by atoms with Gasteiger partial charge in [0.2, 0.25) is 0 Å². The number of rotatable bonds is 12. The Morgan fingerprint density at radius 3 is 2.25 bits per heavy atom. The minimum Gasteiger partial charge on any atom is -0.294 e. The molecule has 0 saturated carbocycles. The summed E-state index contributed by atoms with van der Waals surface area (Å²) in [5, 5.41) is 0. The van der Waals surface area contributed by atoms with Crippen LogP contribution in [0.4, 0.5) is 0 Å². The molecule has 0 spiro atoms. The lowest BCUT2D eigenvalue weighted by Crippen LogP contribution is -2.07. The van der Waals surface area contributed by atoms with Gasteiger partial charge in [0.05, 0.1) is 0 Å². The largest absolute Gasteiger partial charge is 0.294 e. The van der Waals surface area contributed by atoms with Crippen LogP contribution in [0.25, 0.3) is 0 Å². The lowest BCUT2D eigenvalue weighted by molar-refractivity contribution is 0.0968. The lowest BCUT2D eigenvalue weighted by Gasteiger charge is -2.10. The molecule has 1 unspecified atom stereocenters. The van der Waals surface area contributed by atoms with Gasteiger partial charge in [0.25, 0.3) is 0 Å². The zero-order valence-corrected chi connectivity index (χ0v) is 15.7. The standard InChI is InChI=1S/C23H34O/c1-3-5-7-9-10-13-17-21(16-12-8-6-4-2)20-23(24)22-18-14-11-15-19-22/h11,14-15,18-19,21H,3-10,12,16,20H2,1-2H3. The second-order valence-corrected chi connectivity index (χ2v) is 6.67. The Morgan fingerprint density at radius 2 is 1.58 bits per heavy atom. The molecule has 0 fully saturated rings. The molecule has 0 aliphatic rings. The number of carbonyl (C=O) groups excluding carboxylic acids is 1. The highest BCUT2D eigenvalue weighted by Crippen LogP contribution is 2.17. The fourth-order valence-corrected chi connectivity index (χ4v) is 2.87. The van der Waals surface area contributed by atoms with Crippen molar-refractivity contribution in [1.29, 1.82) is 0 Å². The van der Waals surface area contributed by atoms with E-state index < -0.39 is 0 Å². The molecule has 1 aromatic rings. The Hall–Kier alpha value is -1.55. The van der Waals surface area contributed by atoms with Crippen LogP contribution in [0.1, 0.15) is 94.8 Å². The van der Waals surface area contributed by atoms with Crippen molar-refractivity contribution < 1.29 is 4.79 Å². The summed E-state index contributed by atoms with van der Waals surface area (Å²) >= 11 is 0. The van der Waals surface area contributed by atoms with Crippen molar-refractivity contribution in [3.05, 3.63) is 35.9 Å². The van der Waals surface area contributed by atoms with Gasteiger partial charge in [-0.15, -0.1) is 5.92 Å². The van der Waals surface area contributed by atoms with Gasteiger partial charge in [-0.2, -0.15) is 0 Å². The monoisotopic (exact) mass is 326 g/mol. The molecule has 1 aromatic carbocycles. The van der Waals surface area contributed by atoms with Gasteiger partial charge in [0, 0.05) is 24.3 Å². The molecule has 0 aliphatic carbocycles. The van der Waals surface area contributed by atoms with Crippen molar-refractivity contribution in [2.75, 3.05) is 0 Å². The molecule has 0 radical (unpaired) electrons. The number of hydrogen-bond acceptors (Lipinski definition) is 1. The van der Waals surface area contributed by atoms with Crippen LogP contribution in [-0.4, -0.2) is 5.78 Å². The summed E-state index contributed by atoms with van der Waals surface area (Å²) in [7, 11) is 0. The Kier molecular flexibility index (Phi) is 11.8. The van der Waals surface area contributed by atoms with Crippen molar-refractivity contribution in [2.24, 2.45) is 5.92 Å². The van der Waals surface area contributed by atoms with E-state index in [1.165, 1.54) is 51.4 Å². The third-order valence-electron chi connectivity index (χ3n) is 4.40. The highest BCUT2D eigenvalue weighted by Gasteiger charge is 2.13. The molecule has 0 aliphatic heterocycles. The summed E-state index contributed by atoms with van der Waals surface area (Å²) in [5.74, 6) is 7.20. The van der Waals surface area contributed by atoms with E-state index in [2.05, 4.69) is 25.7 Å². The van der Waals surface area contributed by atoms with Gasteiger partial charge in [-0.1, -0.05) is 95.0 Å². The van der Waals surface area contributed by atoms with Crippen LogP contribution >= 0.6 is 0 Å². The minimum atomic E-state index is 0.223. The maximum Gasteiger partial charge on any atom is 0.164 e. The zero-order valence-electron chi connectivity index (χ0n) is 15.7.